The lowest BCUT2D eigenvalue weighted by Gasteiger charge is -2.29. The van der Waals surface area contributed by atoms with Crippen LogP contribution in [-0.2, 0) is 83.1 Å². The average molecular weight is 1460 g/mol. The molecular formula is C58H87N15O21S4. The van der Waals surface area contributed by atoms with E-state index in [1.165, 1.54) is 52.0 Å². The third-order valence-electron chi connectivity index (χ3n) is 15.3. The number of carbonyl (C=O) groups excluding carboxylic acids is 14. The largest absolute Gasteiger partial charge is 0.508 e. The number of benzene rings is 1. The number of carboxylic acid groups (broad SMARTS) is 2. The summed E-state index contributed by atoms with van der Waals surface area (Å²) < 4.78 is 0. The van der Waals surface area contributed by atoms with Gasteiger partial charge >= 0.3 is 11.9 Å². The van der Waals surface area contributed by atoms with Gasteiger partial charge in [-0.25, -0.2) is 4.79 Å². The molecule has 98 heavy (non-hydrogen) atoms. The number of phenolic OH excluding ortho intramolecular Hbond substituents is 1. The number of nitrogens with one attached hydrogen (secondary N) is 15. The van der Waals surface area contributed by atoms with Crippen LogP contribution in [0, 0.1) is 5.92 Å². The predicted molar refractivity (Wildman–Crippen MR) is 356 cm³/mol. The summed E-state index contributed by atoms with van der Waals surface area (Å²) in [5, 5.41) is 88.1. The number of phenols is 1. The molecule has 20 N–H and O–H groups in total. The van der Waals surface area contributed by atoms with Crippen LogP contribution in [-0.4, -0.2) is 254 Å². The zero-order valence-electron chi connectivity index (χ0n) is 54.6. The fourth-order valence-electron chi connectivity index (χ4n) is 9.32. The summed E-state index contributed by atoms with van der Waals surface area (Å²) in [5.41, 5.74) is 0.383. The Balaban J connectivity index is 1.92. The minimum absolute atomic E-state index is 0.137. The molecule has 40 heteroatoms. The van der Waals surface area contributed by atoms with Gasteiger partial charge in [-0.3, -0.25) is 71.9 Å². The first-order valence-corrected chi connectivity index (χ1v) is 36.2. The molecule has 1 aromatic rings. The molecule has 0 spiro atoms. The lowest BCUT2D eigenvalue weighted by atomic mass is 9.97. The lowest BCUT2D eigenvalue weighted by Crippen LogP contribution is -2.62. The van der Waals surface area contributed by atoms with E-state index in [9.17, 15) is 102 Å². The molecule has 16 unspecified atom stereocenters. The van der Waals surface area contributed by atoms with E-state index in [0.29, 0.717) is 46.5 Å². The van der Waals surface area contributed by atoms with Crippen molar-refractivity contribution in [1.82, 2.24) is 79.8 Å². The maximum atomic E-state index is 14.7. The van der Waals surface area contributed by atoms with Crippen molar-refractivity contribution < 1.29 is 102 Å². The van der Waals surface area contributed by atoms with Crippen LogP contribution in [0.2, 0.25) is 0 Å². The van der Waals surface area contributed by atoms with Crippen LogP contribution in [0.5, 0.6) is 5.75 Å². The number of rotatable bonds is 16. The molecule has 544 valence electrons. The number of amides is 14. The fraction of sp³-hybridized carbons (Fsp3) is 0.621. The highest BCUT2D eigenvalue weighted by molar-refractivity contribution is 8.77. The second-order valence-corrected chi connectivity index (χ2v) is 28.5. The predicted octanol–water partition coefficient (Wildman–Crippen LogP) is -6.66. The van der Waals surface area contributed by atoms with Gasteiger partial charge in [-0.1, -0.05) is 75.6 Å². The van der Waals surface area contributed by atoms with Crippen LogP contribution < -0.4 is 79.8 Å². The van der Waals surface area contributed by atoms with Crippen molar-refractivity contribution in [2.24, 2.45) is 5.92 Å². The number of aliphatic hydroxyl groups is 2. The van der Waals surface area contributed by atoms with E-state index in [2.05, 4.69) is 79.8 Å². The Kier molecular flexibility index (Phi) is 34.1. The summed E-state index contributed by atoms with van der Waals surface area (Å²) in [6.07, 6.45) is -3.87. The van der Waals surface area contributed by atoms with Gasteiger partial charge in [-0.05, 0) is 84.0 Å². The van der Waals surface area contributed by atoms with E-state index < -0.39 is 240 Å². The van der Waals surface area contributed by atoms with Crippen LogP contribution in [0.15, 0.2) is 24.3 Å². The number of carbonyl (C=O) groups is 16. The Morgan fingerprint density at radius 2 is 1.12 bits per heavy atom. The molecule has 5 rings (SSSR count). The number of aliphatic carboxylic acids is 2. The van der Waals surface area contributed by atoms with Gasteiger partial charge in [0.1, 0.15) is 78.3 Å². The Morgan fingerprint density at radius 1 is 0.592 bits per heavy atom. The van der Waals surface area contributed by atoms with E-state index in [1.807, 2.05) is 0 Å². The first-order chi connectivity index (χ1) is 46.2. The first-order valence-electron chi connectivity index (χ1n) is 31.2. The summed E-state index contributed by atoms with van der Waals surface area (Å²) in [7, 11) is 2.96. The monoisotopic (exact) mass is 1460 g/mol. The molecule has 4 aliphatic heterocycles. The highest BCUT2D eigenvalue weighted by atomic mass is 33.1. The number of aliphatic hydroxyl groups excluding tert-OH is 2. The quantitative estimate of drug-likeness (QED) is 0.0540. The van der Waals surface area contributed by atoms with Gasteiger partial charge < -0.3 is 105 Å². The van der Waals surface area contributed by atoms with Gasteiger partial charge in [-0.15, -0.1) is 0 Å². The van der Waals surface area contributed by atoms with Crippen molar-refractivity contribution in [1.29, 1.82) is 0 Å². The number of carboxylic acids is 2. The Bertz CT molecular complexity index is 3060. The highest BCUT2D eigenvalue weighted by Crippen LogP contribution is 2.26. The van der Waals surface area contributed by atoms with Gasteiger partial charge in [-0.2, -0.15) is 0 Å². The van der Waals surface area contributed by atoms with E-state index >= 15 is 0 Å². The normalized spacial score (nSPS) is 27.6. The van der Waals surface area contributed by atoms with E-state index in [1.54, 1.807) is 6.92 Å². The molecule has 14 amide bonds. The Morgan fingerprint density at radius 3 is 1.69 bits per heavy atom. The number of fused-ring (bicyclic) bond motifs is 37. The third kappa shape index (κ3) is 27.3. The second kappa shape index (κ2) is 40.6. The molecule has 2 bridgehead atoms. The minimum Gasteiger partial charge on any atom is -0.508 e. The van der Waals surface area contributed by atoms with Crippen LogP contribution >= 0.6 is 43.2 Å². The summed E-state index contributed by atoms with van der Waals surface area (Å²) in [6.45, 7) is 7.91. The van der Waals surface area contributed by atoms with Crippen LogP contribution in [0.1, 0.15) is 86.1 Å². The topological polar surface area (TPSA) is 555 Å². The molecule has 4 fully saturated rings. The molecule has 1 aromatic carbocycles. The zero-order valence-corrected chi connectivity index (χ0v) is 57.9. The summed E-state index contributed by atoms with van der Waals surface area (Å²) >= 11 is 0. The molecule has 0 aliphatic carbocycles. The number of aromatic hydroxyl groups is 1. The minimum atomic E-state index is -1.91. The van der Waals surface area contributed by atoms with Crippen molar-refractivity contribution in [3.63, 3.8) is 0 Å². The smallest absolute Gasteiger partial charge is 0.327 e. The SMILES string of the molecule is CCC(C)C1NC(=O)C(CCC(=O)O)NC(=O)C(NC(=O)C(NC(=O)CNC(=O)C2CCCN2)C(C)O)CSSCC2NC(=O)C(C)NC(=O)C(C)NC(=O)C(Cc3ccc(O)cc3)NC(=O)C(C)NC(=O)C(CSSCC(C(=O)O)NC(=O)CNC(=O)C(C(C)O)NC2=O)NC1=O. The van der Waals surface area contributed by atoms with Gasteiger partial charge in [0, 0.05) is 35.9 Å². The van der Waals surface area contributed by atoms with Crippen molar-refractivity contribution >= 4 is 138 Å². The Labute approximate surface area is 578 Å². The second-order valence-electron chi connectivity index (χ2n) is 23.4. The zero-order chi connectivity index (χ0) is 73.1. The van der Waals surface area contributed by atoms with E-state index in [0.717, 1.165) is 35.4 Å². The molecule has 36 nitrogen and oxygen atoms in total. The van der Waals surface area contributed by atoms with Gasteiger partial charge in [0.15, 0.2) is 0 Å². The maximum absolute atomic E-state index is 14.7. The molecule has 4 aliphatic rings. The summed E-state index contributed by atoms with van der Waals surface area (Å²) in [4.78, 5) is 220. The molecular weight excluding hydrogens is 1370 g/mol. The molecule has 0 aromatic heterocycles. The van der Waals surface area contributed by atoms with Gasteiger partial charge in [0.25, 0.3) is 0 Å². The molecule has 0 radical (unpaired) electrons. The van der Waals surface area contributed by atoms with Crippen molar-refractivity contribution in [2.45, 2.75) is 178 Å². The third-order valence-corrected chi connectivity index (χ3v) is 20.2. The van der Waals surface area contributed by atoms with E-state index in [-0.39, 0.29) is 18.6 Å². The van der Waals surface area contributed by atoms with Gasteiger partial charge in [0.05, 0.1) is 31.3 Å². The van der Waals surface area contributed by atoms with Crippen molar-refractivity contribution in [3.8, 4) is 5.75 Å². The fourth-order valence-corrected chi connectivity index (χ4v) is 14.0. The highest BCUT2D eigenvalue weighted by Gasteiger charge is 2.39. The van der Waals surface area contributed by atoms with Crippen LogP contribution in [0.3, 0.4) is 0 Å². The van der Waals surface area contributed by atoms with Crippen molar-refractivity contribution in [3.05, 3.63) is 29.8 Å². The molecule has 16 atom stereocenters. The lowest BCUT2D eigenvalue weighted by molar-refractivity contribution is -0.141. The Hall–Kier alpha value is -8.18. The number of hydrogen-bond acceptors (Lipinski definition) is 24. The molecule has 4 saturated heterocycles. The first kappa shape index (κ1) is 82.2. The molecule has 0 saturated carbocycles. The summed E-state index contributed by atoms with van der Waals surface area (Å²) in [5.74, 6) is -20.8. The van der Waals surface area contributed by atoms with Crippen molar-refractivity contribution in [2.75, 3.05) is 42.6 Å². The van der Waals surface area contributed by atoms with Crippen LogP contribution in [0.25, 0.3) is 0 Å². The number of hydrogen-bond donors (Lipinski definition) is 20. The van der Waals surface area contributed by atoms with E-state index in [4.69, 9.17) is 0 Å². The molecule has 4 heterocycles. The standard InChI is InChI=1S/C58H87N15O21S4/c1-8-25(2)43-56(91)69-36-21-97-98-24-39(58(93)94)65-40(77)19-61-55(90)44(29(6)74)73-54(89)38(68-48(83)27(4)62-46(81)26(3)63-51(86)35(18-31-11-13-32(76)14-12-31)67-47(82)28(5)64-52(36)87)23-96-95-22-37(53(88)66-34(50(85)72-43)15-16-42(79)80)70-57(92)45(30(7)75)71-41(78)20-60-49(84)33-10-9-17-59-33/h11-14,25-30,33-39,43-45,59,74-76H,8-10,15-24H2,1-7H3,(H,60,84)(H,61,90)(H,62,81)(H,63,86)(H,64,87)(H,65,77)(H,66,88)(H,67,82)(H,68,83)(H,69,91)(H,70,92)(H,71,78)(H,72,85)(H,73,89)(H,79,80)(H,93,94). The average Bonchev–Trinajstić information content (AvgIpc) is 0.958. The van der Waals surface area contributed by atoms with Gasteiger partial charge in [0.2, 0.25) is 82.7 Å². The van der Waals surface area contributed by atoms with Crippen LogP contribution in [0.4, 0.5) is 0 Å². The maximum Gasteiger partial charge on any atom is 0.327 e. The summed E-state index contributed by atoms with van der Waals surface area (Å²) in [6, 6.07) is -15.5.